The van der Waals surface area contributed by atoms with E-state index in [0.29, 0.717) is 0 Å². The number of carbonyl (C=O) groups excluding carboxylic acids is 1. The summed E-state index contributed by atoms with van der Waals surface area (Å²) < 4.78 is 2.35. The summed E-state index contributed by atoms with van der Waals surface area (Å²) in [6, 6.07) is 8.40. The minimum Gasteiger partial charge on any atom is -0.333 e. The molecule has 0 aliphatic heterocycles. The van der Waals surface area contributed by atoms with Gasteiger partial charge in [0.1, 0.15) is 11.3 Å². The zero-order valence-corrected chi connectivity index (χ0v) is 19.5. The number of aryl methyl sites for hydroxylation is 2. The van der Waals surface area contributed by atoms with Crippen LogP contribution in [0.1, 0.15) is 64.6 Å². The van der Waals surface area contributed by atoms with Gasteiger partial charge in [-0.25, -0.2) is 14.8 Å². The zero-order valence-electron chi connectivity index (χ0n) is 19.5. The fourth-order valence-corrected chi connectivity index (χ4v) is 4.90. The molecule has 1 aromatic carbocycles. The smallest absolute Gasteiger partial charge is 0.333 e. The van der Waals surface area contributed by atoms with Crippen molar-refractivity contribution in [2.24, 2.45) is 0 Å². The Bertz CT molecular complexity index is 1060. The Labute approximate surface area is 190 Å². The molecule has 2 amide bonds. The van der Waals surface area contributed by atoms with Crippen molar-refractivity contribution in [1.29, 1.82) is 0 Å². The lowest BCUT2D eigenvalue weighted by atomic mass is 10.1. The van der Waals surface area contributed by atoms with E-state index in [0.717, 1.165) is 72.8 Å². The van der Waals surface area contributed by atoms with Crippen LogP contribution in [0.5, 0.6) is 0 Å². The fraction of sp³-hybridized carbons (Fsp3) is 0.560. The van der Waals surface area contributed by atoms with E-state index in [1.165, 1.54) is 17.9 Å². The van der Waals surface area contributed by atoms with E-state index in [9.17, 15) is 4.79 Å². The summed E-state index contributed by atoms with van der Waals surface area (Å²) in [7, 11) is 1.58. The summed E-state index contributed by atoms with van der Waals surface area (Å²) in [5, 5.41) is 5.76. The fourth-order valence-electron chi connectivity index (χ4n) is 4.90. The average molecular weight is 438 g/mol. The Balaban J connectivity index is 1.47. The Hall–Kier alpha value is -2.67. The highest BCUT2D eigenvalue weighted by Crippen LogP contribution is 2.26. The number of nitrogens with one attached hydrogen (secondary N) is 1. The van der Waals surface area contributed by atoms with Crippen molar-refractivity contribution < 1.29 is 9.63 Å². The molecule has 3 aromatic rings. The van der Waals surface area contributed by atoms with E-state index in [4.69, 9.17) is 9.82 Å². The number of urea groups is 1. The predicted molar refractivity (Wildman–Crippen MR) is 127 cm³/mol. The summed E-state index contributed by atoms with van der Waals surface area (Å²) in [6.07, 6.45) is 10.2. The van der Waals surface area contributed by atoms with Crippen LogP contribution in [0.2, 0.25) is 0 Å². The Kier molecular flexibility index (Phi) is 7.25. The van der Waals surface area contributed by atoms with Crippen LogP contribution in [0.25, 0.3) is 21.9 Å². The highest BCUT2D eigenvalue weighted by atomic mass is 16.7. The van der Waals surface area contributed by atoms with Crippen molar-refractivity contribution in [3.05, 3.63) is 36.3 Å². The van der Waals surface area contributed by atoms with Gasteiger partial charge in [-0.3, -0.25) is 9.82 Å². The Morgan fingerprint density at radius 1 is 1.28 bits per heavy atom. The second-order valence-corrected chi connectivity index (χ2v) is 8.87. The third-order valence-corrected chi connectivity index (χ3v) is 6.52. The van der Waals surface area contributed by atoms with Gasteiger partial charge in [-0.15, -0.1) is 0 Å². The van der Waals surface area contributed by atoms with E-state index in [-0.39, 0.29) is 18.1 Å². The number of hydroxylamine groups is 2. The molecule has 1 atom stereocenters. The van der Waals surface area contributed by atoms with Crippen molar-refractivity contribution >= 4 is 28.0 Å². The van der Waals surface area contributed by atoms with Gasteiger partial charge in [-0.2, -0.15) is 0 Å². The SMILES string of the molecule is CCCc1nc2cnc3ccccc3c2n1CCCC(C)N(OC)C(=O)NC1CCCC1. The van der Waals surface area contributed by atoms with Gasteiger partial charge in [-0.05, 0) is 45.1 Å². The van der Waals surface area contributed by atoms with E-state index >= 15 is 0 Å². The summed E-state index contributed by atoms with van der Waals surface area (Å²) >= 11 is 0. The standard InChI is InChI=1S/C25H35N5O2/c1-4-10-23-28-22-17-26-21-15-8-7-14-20(21)24(22)29(23)16-9-11-18(2)30(32-3)25(31)27-19-12-5-6-13-19/h7-8,14-15,17-19H,4-6,9-13,16H2,1-3H3,(H,27,31). The molecule has 32 heavy (non-hydrogen) atoms. The molecule has 1 unspecified atom stereocenters. The first-order valence-electron chi connectivity index (χ1n) is 12.0. The number of carbonyl (C=O) groups is 1. The molecule has 7 nitrogen and oxygen atoms in total. The normalized spacial score (nSPS) is 15.5. The quantitative estimate of drug-likeness (QED) is 0.466. The van der Waals surface area contributed by atoms with Gasteiger partial charge < -0.3 is 9.88 Å². The molecule has 2 aromatic heterocycles. The molecule has 1 aliphatic rings. The molecule has 0 spiro atoms. The molecule has 1 aliphatic carbocycles. The number of hydrogen-bond acceptors (Lipinski definition) is 4. The number of para-hydroxylation sites is 1. The number of pyridine rings is 1. The van der Waals surface area contributed by atoms with Crippen LogP contribution < -0.4 is 5.32 Å². The first kappa shape index (κ1) is 22.5. The molecule has 2 heterocycles. The van der Waals surface area contributed by atoms with Crippen LogP contribution in [0, 0.1) is 0 Å². The number of rotatable bonds is 9. The van der Waals surface area contributed by atoms with Crippen LogP contribution >= 0.6 is 0 Å². The van der Waals surface area contributed by atoms with Crippen LogP contribution in [-0.4, -0.2) is 44.8 Å². The zero-order chi connectivity index (χ0) is 22.5. The number of aromatic nitrogens is 3. The molecule has 0 saturated heterocycles. The molecule has 0 bridgehead atoms. The number of benzene rings is 1. The Morgan fingerprint density at radius 3 is 2.81 bits per heavy atom. The van der Waals surface area contributed by atoms with E-state index in [1.807, 2.05) is 18.3 Å². The molecule has 1 saturated carbocycles. The molecule has 0 radical (unpaired) electrons. The van der Waals surface area contributed by atoms with Gasteiger partial charge in [-0.1, -0.05) is 38.0 Å². The third kappa shape index (κ3) is 4.72. The van der Waals surface area contributed by atoms with Gasteiger partial charge >= 0.3 is 6.03 Å². The minimum atomic E-state index is -0.122. The van der Waals surface area contributed by atoms with Crippen LogP contribution in [0.3, 0.4) is 0 Å². The minimum absolute atomic E-state index is 0.00998. The highest BCUT2D eigenvalue weighted by Gasteiger charge is 2.24. The first-order valence-corrected chi connectivity index (χ1v) is 12.0. The van der Waals surface area contributed by atoms with Crippen LogP contribution in [-0.2, 0) is 17.8 Å². The highest BCUT2D eigenvalue weighted by molar-refractivity contribution is 6.02. The molecule has 1 N–H and O–H groups in total. The molecule has 172 valence electrons. The van der Waals surface area contributed by atoms with E-state index in [2.05, 4.69) is 40.8 Å². The monoisotopic (exact) mass is 437 g/mol. The average Bonchev–Trinajstić information content (AvgIpc) is 3.42. The molecule has 7 heteroatoms. The van der Waals surface area contributed by atoms with Crippen molar-refractivity contribution in [2.75, 3.05) is 7.11 Å². The number of hydrogen-bond donors (Lipinski definition) is 1. The van der Waals surface area contributed by atoms with Crippen molar-refractivity contribution in [2.45, 2.75) is 83.8 Å². The van der Waals surface area contributed by atoms with Gasteiger partial charge in [0.05, 0.1) is 30.4 Å². The van der Waals surface area contributed by atoms with Crippen molar-refractivity contribution in [1.82, 2.24) is 24.9 Å². The Morgan fingerprint density at radius 2 is 2.06 bits per heavy atom. The summed E-state index contributed by atoms with van der Waals surface area (Å²) in [6.45, 7) is 5.09. The lowest BCUT2D eigenvalue weighted by Gasteiger charge is -2.28. The van der Waals surface area contributed by atoms with E-state index in [1.54, 1.807) is 7.11 Å². The molecular formula is C25H35N5O2. The number of fused-ring (bicyclic) bond motifs is 3. The lowest BCUT2D eigenvalue weighted by molar-refractivity contribution is -0.114. The van der Waals surface area contributed by atoms with Crippen molar-refractivity contribution in [3.63, 3.8) is 0 Å². The van der Waals surface area contributed by atoms with E-state index < -0.39 is 0 Å². The van der Waals surface area contributed by atoms with Gasteiger partial charge in [0.15, 0.2) is 0 Å². The lowest BCUT2D eigenvalue weighted by Crippen LogP contribution is -2.47. The molecular weight excluding hydrogens is 402 g/mol. The maximum absolute atomic E-state index is 12.7. The summed E-state index contributed by atoms with van der Waals surface area (Å²) in [5.41, 5.74) is 3.11. The summed E-state index contributed by atoms with van der Waals surface area (Å²) in [4.78, 5) is 27.6. The second-order valence-electron chi connectivity index (χ2n) is 8.87. The van der Waals surface area contributed by atoms with Gasteiger partial charge in [0.2, 0.25) is 0 Å². The maximum atomic E-state index is 12.7. The van der Waals surface area contributed by atoms with Gasteiger partial charge in [0.25, 0.3) is 0 Å². The van der Waals surface area contributed by atoms with Crippen molar-refractivity contribution in [3.8, 4) is 0 Å². The maximum Gasteiger partial charge on any atom is 0.341 e. The number of amides is 2. The third-order valence-electron chi connectivity index (χ3n) is 6.52. The molecule has 1 fully saturated rings. The van der Waals surface area contributed by atoms with Crippen LogP contribution in [0.15, 0.2) is 30.5 Å². The number of nitrogens with zero attached hydrogens (tertiary/aromatic N) is 4. The summed E-state index contributed by atoms with van der Waals surface area (Å²) in [5.74, 6) is 1.11. The largest absolute Gasteiger partial charge is 0.341 e. The first-order chi connectivity index (χ1) is 15.6. The van der Waals surface area contributed by atoms with Crippen LogP contribution in [0.4, 0.5) is 4.79 Å². The topological polar surface area (TPSA) is 72.3 Å². The number of imidazole rings is 1. The second kappa shape index (κ2) is 10.3. The van der Waals surface area contributed by atoms with Gasteiger partial charge in [0, 0.05) is 24.4 Å². The predicted octanol–water partition coefficient (Wildman–Crippen LogP) is 5.22. The molecule has 4 rings (SSSR count).